The van der Waals surface area contributed by atoms with E-state index < -0.39 is 0 Å². The van der Waals surface area contributed by atoms with Crippen LogP contribution < -0.4 is 5.32 Å². The zero-order valence-corrected chi connectivity index (χ0v) is 12.5. The second-order valence-corrected chi connectivity index (χ2v) is 6.00. The van der Waals surface area contributed by atoms with Gasteiger partial charge in [0.05, 0.1) is 0 Å². The quantitative estimate of drug-likeness (QED) is 0.772. The number of benzene rings is 1. The van der Waals surface area contributed by atoms with Gasteiger partial charge in [-0.3, -0.25) is 0 Å². The van der Waals surface area contributed by atoms with Gasteiger partial charge in [0, 0.05) is 28.7 Å². The van der Waals surface area contributed by atoms with E-state index in [4.69, 9.17) is 4.52 Å². The van der Waals surface area contributed by atoms with E-state index in [1.54, 1.807) is 11.3 Å². The van der Waals surface area contributed by atoms with Crippen molar-refractivity contribution in [2.24, 2.45) is 0 Å². The minimum absolute atomic E-state index is 0.608. The van der Waals surface area contributed by atoms with Gasteiger partial charge in [-0.1, -0.05) is 11.2 Å². The predicted octanol–water partition coefficient (Wildman–Crippen LogP) is 4.13. The highest BCUT2D eigenvalue weighted by atomic mass is 32.1. The number of nitrogens with zero attached hydrogens (tertiary/aromatic N) is 2. The molecule has 4 nitrogen and oxygen atoms in total. The zero-order valence-electron chi connectivity index (χ0n) is 11.7. The summed E-state index contributed by atoms with van der Waals surface area (Å²) in [7, 11) is 0. The summed E-state index contributed by atoms with van der Waals surface area (Å²) in [6, 6.07) is 6.20. The van der Waals surface area contributed by atoms with E-state index in [0.29, 0.717) is 11.7 Å². The van der Waals surface area contributed by atoms with Crippen LogP contribution in [0.5, 0.6) is 0 Å². The summed E-state index contributed by atoms with van der Waals surface area (Å²) in [6.07, 6.45) is 2.18. The fourth-order valence-corrected chi connectivity index (χ4v) is 3.57. The van der Waals surface area contributed by atoms with Crippen molar-refractivity contribution in [2.75, 3.05) is 11.9 Å². The van der Waals surface area contributed by atoms with Gasteiger partial charge in [-0.15, -0.1) is 0 Å². The second kappa shape index (κ2) is 5.00. The van der Waals surface area contributed by atoms with Crippen LogP contribution in [0.25, 0.3) is 22.8 Å². The molecule has 1 aliphatic rings. The molecule has 21 heavy (non-hydrogen) atoms. The zero-order chi connectivity index (χ0) is 14.2. The number of rotatable bonds is 2. The standard InChI is InChI=1S/C16H15N3OS/c1-10-8-21-9-13(10)15-18-16(20-19-15)12-4-2-6-14-11(12)5-3-7-17-14/h2,4,6,8-9,17H,3,5,7H2,1H3. The smallest absolute Gasteiger partial charge is 0.258 e. The number of fused-ring (bicyclic) bond motifs is 1. The highest BCUT2D eigenvalue weighted by molar-refractivity contribution is 7.08. The van der Waals surface area contributed by atoms with Crippen LogP contribution in [0.1, 0.15) is 17.5 Å². The van der Waals surface area contributed by atoms with Crippen molar-refractivity contribution in [3.8, 4) is 22.8 Å². The summed E-state index contributed by atoms with van der Waals surface area (Å²) < 4.78 is 5.51. The molecule has 0 atom stereocenters. The molecule has 0 unspecified atom stereocenters. The summed E-state index contributed by atoms with van der Waals surface area (Å²) in [5, 5.41) is 11.7. The second-order valence-electron chi connectivity index (χ2n) is 5.25. The van der Waals surface area contributed by atoms with E-state index >= 15 is 0 Å². The van der Waals surface area contributed by atoms with Crippen LogP contribution in [0.4, 0.5) is 5.69 Å². The number of aromatic nitrogens is 2. The number of thiophene rings is 1. The van der Waals surface area contributed by atoms with Gasteiger partial charge in [-0.25, -0.2) is 0 Å². The van der Waals surface area contributed by atoms with Gasteiger partial charge >= 0.3 is 0 Å². The summed E-state index contributed by atoms with van der Waals surface area (Å²) in [4.78, 5) is 4.59. The first-order valence-electron chi connectivity index (χ1n) is 7.06. The third-order valence-electron chi connectivity index (χ3n) is 3.85. The Hall–Kier alpha value is -2.14. The molecule has 0 saturated carbocycles. The summed E-state index contributed by atoms with van der Waals surface area (Å²) in [5.41, 5.74) is 5.75. The topological polar surface area (TPSA) is 51.0 Å². The fraction of sp³-hybridized carbons (Fsp3) is 0.250. The minimum Gasteiger partial charge on any atom is -0.385 e. The van der Waals surface area contributed by atoms with Crippen molar-refractivity contribution in [1.29, 1.82) is 0 Å². The van der Waals surface area contributed by atoms with Crippen LogP contribution >= 0.6 is 11.3 Å². The fourth-order valence-electron chi connectivity index (χ4n) is 2.74. The minimum atomic E-state index is 0.608. The van der Waals surface area contributed by atoms with E-state index in [2.05, 4.69) is 45.3 Å². The monoisotopic (exact) mass is 297 g/mol. The first-order valence-corrected chi connectivity index (χ1v) is 8.00. The maximum atomic E-state index is 5.51. The van der Waals surface area contributed by atoms with Crippen LogP contribution in [0.15, 0.2) is 33.5 Å². The Kier molecular flexibility index (Phi) is 3.00. The number of hydrogen-bond donors (Lipinski definition) is 1. The number of anilines is 1. The number of aryl methyl sites for hydroxylation is 1. The molecule has 0 aliphatic carbocycles. The van der Waals surface area contributed by atoms with E-state index in [9.17, 15) is 0 Å². The lowest BCUT2D eigenvalue weighted by Gasteiger charge is -2.19. The van der Waals surface area contributed by atoms with Crippen LogP contribution in [0, 0.1) is 6.92 Å². The first kappa shape index (κ1) is 12.6. The Morgan fingerprint density at radius 3 is 3.05 bits per heavy atom. The van der Waals surface area contributed by atoms with Gasteiger partial charge in [0.2, 0.25) is 5.82 Å². The van der Waals surface area contributed by atoms with Crippen LogP contribution in [0.2, 0.25) is 0 Å². The summed E-state index contributed by atoms with van der Waals surface area (Å²) >= 11 is 1.66. The SMILES string of the molecule is Cc1cscc1-c1noc(-c2cccc3c2CCCN3)n1. The van der Waals surface area contributed by atoms with Gasteiger partial charge in [-0.2, -0.15) is 16.3 Å². The highest BCUT2D eigenvalue weighted by Gasteiger charge is 2.19. The van der Waals surface area contributed by atoms with Crippen molar-refractivity contribution in [2.45, 2.75) is 19.8 Å². The van der Waals surface area contributed by atoms with Crippen molar-refractivity contribution >= 4 is 17.0 Å². The molecule has 1 N–H and O–H groups in total. The van der Waals surface area contributed by atoms with Crippen LogP contribution in [0.3, 0.4) is 0 Å². The lowest BCUT2D eigenvalue weighted by atomic mass is 9.97. The number of hydrogen-bond acceptors (Lipinski definition) is 5. The molecule has 0 saturated heterocycles. The highest BCUT2D eigenvalue weighted by Crippen LogP contribution is 2.33. The van der Waals surface area contributed by atoms with E-state index in [1.807, 2.05) is 6.07 Å². The molecule has 0 fully saturated rings. The Balaban J connectivity index is 1.78. The van der Waals surface area contributed by atoms with E-state index in [0.717, 1.165) is 30.5 Å². The van der Waals surface area contributed by atoms with Gasteiger partial charge in [0.1, 0.15) is 0 Å². The number of nitrogens with one attached hydrogen (secondary N) is 1. The van der Waals surface area contributed by atoms with E-state index in [-0.39, 0.29) is 0 Å². The van der Waals surface area contributed by atoms with Gasteiger partial charge in [-0.05, 0) is 48.4 Å². The normalized spacial score (nSPS) is 13.8. The molecule has 1 aliphatic heterocycles. The first-order chi connectivity index (χ1) is 10.3. The van der Waals surface area contributed by atoms with E-state index in [1.165, 1.54) is 16.8 Å². The summed E-state index contributed by atoms with van der Waals surface area (Å²) in [5.74, 6) is 1.28. The Morgan fingerprint density at radius 1 is 1.24 bits per heavy atom. The van der Waals surface area contributed by atoms with Crippen LogP contribution in [-0.2, 0) is 6.42 Å². The van der Waals surface area contributed by atoms with Gasteiger partial charge in [0.25, 0.3) is 5.89 Å². The molecular weight excluding hydrogens is 282 g/mol. The Bertz CT molecular complexity index is 790. The maximum Gasteiger partial charge on any atom is 0.258 e. The Labute approximate surface area is 126 Å². The van der Waals surface area contributed by atoms with Crippen molar-refractivity contribution in [1.82, 2.24) is 10.1 Å². The lowest BCUT2D eigenvalue weighted by Crippen LogP contribution is -2.12. The average molecular weight is 297 g/mol. The molecule has 3 heterocycles. The third-order valence-corrected chi connectivity index (χ3v) is 4.71. The molecule has 106 valence electrons. The average Bonchev–Trinajstić information content (AvgIpc) is 3.15. The molecule has 5 heteroatoms. The van der Waals surface area contributed by atoms with Crippen LogP contribution in [-0.4, -0.2) is 16.7 Å². The molecule has 3 aromatic rings. The molecule has 0 amide bonds. The molecule has 0 radical (unpaired) electrons. The van der Waals surface area contributed by atoms with Gasteiger partial charge < -0.3 is 9.84 Å². The predicted molar refractivity (Wildman–Crippen MR) is 84.6 cm³/mol. The van der Waals surface area contributed by atoms with Crippen molar-refractivity contribution in [3.63, 3.8) is 0 Å². The molecule has 0 bridgehead atoms. The molecule has 2 aromatic heterocycles. The Morgan fingerprint density at radius 2 is 2.19 bits per heavy atom. The molecule has 4 rings (SSSR count). The van der Waals surface area contributed by atoms with Crippen molar-refractivity contribution in [3.05, 3.63) is 40.1 Å². The van der Waals surface area contributed by atoms with Crippen molar-refractivity contribution < 1.29 is 4.52 Å². The molecule has 1 aromatic carbocycles. The largest absolute Gasteiger partial charge is 0.385 e. The van der Waals surface area contributed by atoms with Gasteiger partial charge in [0.15, 0.2) is 0 Å². The lowest BCUT2D eigenvalue weighted by molar-refractivity contribution is 0.432. The third kappa shape index (κ3) is 2.14. The maximum absolute atomic E-state index is 5.51. The molecule has 0 spiro atoms. The molecular formula is C16H15N3OS. The summed E-state index contributed by atoms with van der Waals surface area (Å²) in [6.45, 7) is 3.09.